The van der Waals surface area contributed by atoms with Gasteiger partial charge in [-0.25, -0.2) is 20.8 Å². The van der Waals surface area contributed by atoms with E-state index in [1.165, 1.54) is 11.8 Å². The maximum atomic E-state index is 5.59. The number of nitrogens with one attached hydrogen (secondary N) is 1. The number of nitrogens with zero attached hydrogens (tertiary/aromatic N) is 3. The average Bonchev–Trinajstić information content (AvgIpc) is 2.72. The molecule has 2 aromatic heterocycles. The van der Waals surface area contributed by atoms with Gasteiger partial charge in [-0.3, -0.25) is 0 Å². The molecule has 0 atom stereocenters. The first-order chi connectivity index (χ1) is 9.55. The van der Waals surface area contributed by atoms with Crippen molar-refractivity contribution in [1.82, 2.24) is 15.0 Å². The van der Waals surface area contributed by atoms with E-state index in [-0.39, 0.29) is 0 Å². The van der Waals surface area contributed by atoms with Crippen LogP contribution in [0.2, 0.25) is 0 Å². The lowest BCUT2D eigenvalue weighted by Gasteiger charge is -2.10. The fraction of sp³-hybridized carbons (Fsp3) is 0.462. The molecule has 6 nitrogen and oxygen atoms in total. The second-order valence-corrected chi connectivity index (χ2v) is 5.48. The van der Waals surface area contributed by atoms with Crippen molar-refractivity contribution in [2.75, 3.05) is 5.43 Å². The minimum atomic E-state index is 0.590. The summed E-state index contributed by atoms with van der Waals surface area (Å²) in [6.07, 6.45) is 1.79. The highest BCUT2D eigenvalue weighted by Crippen LogP contribution is 2.31. The van der Waals surface area contributed by atoms with E-state index in [0.29, 0.717) is 11.0 Å². The van der Waals surface area contributed by atoms with Crippen molar-refractivity contribution in [2.24, 2.45) is 5.84 Å². The Kier molecular flexibility index (Phi) is 4.61. The Bertz CT molecular complexity index is 592. The summed E-state index contributed by atoms with van der Waals surface area (Å²) in [4.78, 5) is 13.3. The van der Waals surface area contributed by atoms with E-state index in [1.54, 1.807) is 0 Å². The number of aryl methyl sites for hydroxylation is 3. The maximum absolute atomic E-state index is 5.59. The zero-order valence-corrected chi connectivity index (χ0v) is 13.0. The lowest BCUT2D eigenvalue weighted by atomic mass is 10.3. The molecule has 0 aliphatic heterocycles. The standard InChI is InChI=1S/C13H19N5OS/c1-5-6-10-16-11(18-14)7(2)12(17-10)20-13-15-8(3)9(4)19-13/h5-6,14H2,1-4H3,(H,16,17,18). The molecule has 0 amide bonds. The van der Waals surface area contributed by atoms with Crippen LogP contribution in [0.25, 0.3) is 0 Å². The van der Waals surface area contributed by atoms with Crippen molar-refractivity contribution in [1.29, 1.82) is 0 Å². The fourth-order valence-electron chi connectivity index (χ4n) is 1.69. The first-order valence-electron chi connectivity index (χ1n) is 6.51. The first-order valence-corrected chi connectivity index (χ1v) is 7.32. The van der Waals surface area contributed by atoms with Gasteiger partial charge in [-0.1, -0.05) is 6.92 Å². The van der Waals surface area contributed by atoms with Crippen LogP contribution in [0.3, 0.4) is 0 Å². The van der Waals surface area contributed by atoms with Gasteiger partial charge in [-0.05, 0) is 39.0 Å². The quantitative estimate of drug-likeness (QED) is 0.497. The van der Waals surface area contributed by atoms with E-state index in [0.717, 1.165) is 40.7 Å². The van der Waals surface area contributed by atoms with Crippen molar-refractivity contribution in [3.8, 4) is 0 Å². The van der Waals surface area contributed by atoms with Gasteiger partial charge in [-0.15, -0.1) is 0 Å². The van der Waals surface area contributed by atoms with E-state index in [9.17, 15) is 0 Å². The van der Waals surface area contributed by atoms with Crippen LogP contribution in [0.4, 0.5) is 5.82 Å². The first kappa shape index (κ1) is 14.8. The number of rotatable bonds is 5. The van der Waals surface area contributed by atoms with Crippen molar-refractivity contribution >= 4 is 17.6 Å². The lowest BCUT2D eigenvalue weighted by molar-refractivity contribution is 0.431. The summed E-state index contributed by atoms with van der Waals surface area (Å²) in [5.41, 5.74) is 4.41. The number of hydrazine groups is 1. The molecule has 0 spiro atoms. The van der Waals surface area contributed by atoms with Gasteiger partial charge in [0.1, 0.15) is 22.4 Å². The number of hydrogen-bond acceptors (Lipinski definition) is 7. The van der Waals surface area contributed by atoms with Crippen molar-refractivity contribution in [3.63, 3.8) is 0 Å². The third-order valence-electron chi connectivity index (χ3n) is 2.95. The molecule has 0 unspecified atom stereocenters. The Labute approximate surface area is 122 Å². The molecule has 0 aliphatic rings. The Morgan fingerprint density at radius 1 is 1.20 bits per heavy atom. The van der Waals surface area contributed by atoms with Gasteiger partial charge in [0.05, 0.1) is 5.69 Å². The molecular weight excluding hydrogens is 274 g/mol. The summed E-state index contributed by atoms with van der Waals surface area (Å²) in [5.74, 6) is 7.76. The fourth-order valence-corrected chi connectivity index (χ4v) is 2.60. The number of nitrogens with two attached hydrogens (primary N) is 1. The molecule has 2 heterocycles. The molecular formula is C13H19N5OS. The SMILES string of the molecule is CCCc1nc(NN)c(C)c(Sc2nc(C)c(C)o2)n1. The van der Waals surface area contributed by atoms with Gasteiger partial charge in [-0.2, -0.15) is 0 Å². The molecule has 0 aromatic carbocycles. The minimum Gasteiger partial charge on any atom is -0.436 e. The highest BCUT2D eigenvalue weighted by Gasteiger charge is 2.15. The van der Waals surface area contributed by atoms with Gasteiger partial charge >= 0.3 is 0 Å². The molecule has 3 N–H and O–H groups in total. The summed E-state index contributed by atoms with van der Waals surface area (Å²) >= 11 is 1.39. The molecule has 20 heavy (non-hydrogen) atoms. The van der Waals surface area contributed by atoms with E-state index >= 15 is 0 Å². The molecule has 2 aromatic rings. The molecule has 0 aliphatic carbocycles. The smallest absolute Gasteiger partial charge is 0.262 e. The summed E-state index contributed by atoms with van der Waals surface area (Å²) in [6, 6.07) is 0. The lowest BCUT2D eigenvalue weighted by Crippen LogP contribution is -2.13. The number of aromatic nitrogens is 3. The van der Waals surface area contributed by atoms with Gasteiger partial charge in [0.15, 0.2) is 0 Å². The zero-order valence-electron chi connectivity index (χ0n) is 12.1. The van der Waals surface area contributed by atoms with Gasteiger partial charge in [0.25, 0.3) is 5.22 Å². The van der Waals surface area contributed by atoms with Crippen LogP contribution in [-0.4, -0.2) is 15.0 Å². The molecule has 0 fully saturated rings. The molecule has 0 bridgehead atoms. The van der Waals surface area contributed by atoms with E-state index < -0.39 is 0 Å². The Hall–Kier alpha value is -1.60. The van der Waals surface area contributed by atoms with Crippen LogP contribution < -0.4 is 11.3 Å². The second kappa shape index (κ2) is 6.23. The molecule has 0 radical (unpaired) electrons. The molecule has 108 valence electrons. The summed E-state index contributed by atoms with van der Waals surface area (Å²) in [5, 5.41) is 1.41. The normalized spacial score (nSPS) is 10.8. The second-order valence-electron chi connectivity index (χ2n) is 4.54. The third-order valence-corrected chi connectivity index (χ3v) is 3.89. The molecule has 0 saturated carbocycles. The van der Waals surface area contributed by atoms with Crippen LogP contribution in [-0.2, 0) is 6.42 Å². The van der Waals surface area contributed by atoms with Crippen molar-refractivity contribution in [2.45, 2.75) is 50.8 Å². The third kappa shape index (κ3) is 3.10. The maximum Gasteiger partial charge on any atom is 0.262 e. The number of oxazole rings is 1. The topological polar surface area (TPSA) is 89.9 Å². The van der Waals surface area contributed by atoms with E-state index in [1.807, 2.05) is 20.8 Å². The molecule has 2 rings (SSSR count). The minimum absolute atomic E-state index is 0.590. The zero-order chi connectivity index (χ0) is 14.7. The van der Waals surface area contributed by atoms with E-state index in [2.05, 4.69) is 27.3 Å². The predicted molar refractivity (Wildman–Crippen MR) is 78.7 cm³/mol. The number of anilines is 1. The van der Waals surface area contributed by atoms with Crippen LogP contribution in [0, 0.1) is 20.8 Å². The van der Waals surface area contributed by atoms with Crippen LogP contribution in [0.1, 0.15) is 36.2 Å². The number of nitrogen functional groups attached to an aromatic ring is 1. The Morgan fingerprint density at radius 3 is 2.50 bits per heavy atom. The summed E-state index contributed by atoms with van der Waals surface area (Å²) < 4.78 is 5.59. The predicted octanol–water partition coefficient (Wildman–Crippen LogP) is 2.78. The van der Waals surface area contributed by atoms with Crippen LogP contribution in [0.5, 0.6) is 0 Å². The Morgan fingerprint density at radius 2 is 1.95 bits per heavy atom. The molecule has 7 heteroatoms. The van der Waals surface area contributed by atoms with E-state index in [4.69, 9.17) is 10.3 Å². The monoisotopic (exact) mass is 293 g/mol. The van der Waals surface area contributed by atoms with Gasteiger partial charge < -0.3 is 9.84 Å². The highest BCUT2D eigenvalue weighted by molar-refractivity contribution is 7.99. The van der Waals surface area contributed by atoms with Crippen LogP contribution in [0.15, 0.2) is 14.7 Å². The Balaban J connectivity index is 2.36. The van der Waals surface area contributed by atoms with Crippen molar-refractivity contribution < 1.29 is 4.42 Å². The van der Waals surface area contributed by atoms with Crippen molar-refractivity contribution in [3.05, 3.63) is 22.8 Å². The van der Waals surface area contributed by atoms with Crippen LogP contribution >= 0.6 is 11.8 Å². The average molecular weight is 293 g/mol. The highest BCUT2D eigenvalue weighted by atomic mass is 32.2. The molecule has 0 saturated heterocycles. The van der Waals surface area contributed by atoms with Gasteiger partial charge in [0.2, 0.25) is 0 Å². The van der Waals surface area contributed by atoms with Gasteiger partial charge in [0, 0.05) is 12.0 Å². The summed E-state index contributed by atoms with van der Waals surface area (Å²) in [6.45, 7) is 7.84. The largest absolute Gasteiger partial charge is 0.436 e. The number of hydrogen-bond donors (Lipinski definition) is 2. The summed E-state index contributed by atoms with van der Waals surface area (Å²) in [7, 11) is 0.